The lowest BCUT2D eigenvalue weighted by Crippen LogP contribution is -2.54. The summed E-state index contributed by atoms with van der Waals surface area (Å²) in [5.74, 6) is 0.702. The molecule has 0 unspecified atom stereocenters. The summed E-state index contributed by atoms with van der Waals surface area (Å²) in [4.78, 5) is 18.4. The lowest BCUT2D eigenvalue weighted by molar-refractivity contribution is -0.138. The molecule has 0 bridgehead atoms. The summed E-state index contributed by atoms with van der Waals surface area (Å²) in [5.41, 5.74) is -1.04. The van der Waals surface area contributed by atoms with Crippen LogP contribution in [0.25, 0.3) is 0 Å². The van der Waals surface area contributed by atoms with Crippen LogP contribution in [-0.4, -0.2) is 71.2 Å². The third-order valence-corrected chi connectivity index (χ3v) is 5.32. The first kappa shape index (κ1) is 25.4. The van der Waals surface area contributed by atoms with Gasteiger partial charge in [-0.3, -0.25) is 9.79 Å². The number of guanidine groups is 1. The van der Waals surface area contributed by atoms with E-state index in [1.165, 1.54) is 0 Å². The van der Waals surface area contributed by atoms with Crippen LogP contribution in [0, 0.1) is 5.41 Å². The number of nitrogens with zero attached hydrogens (tertiary/aromatic N) is 2. The predicted octanol–water partition coefficient (Wildman–Crippen LogP) is 0.746. The van der Waals surface area contributed by atoms with Gasteiger partial charge in [0.25, 0.3) is 0 Å². The van der Waals surface area contributed by atoms with Crippen molar-refractivity contribution in [3.63, 3.8) is 0 Å². The summed E-state index contributed by atoms with van der Waals surface area (Å²) in [6.45, 7) is 4.47. The maximum Gasteiger partial charge on any atom is 0.230 e. The molecule has 3 N–H and O–H groups in total. The van der Waals surface area contributed by atoms with E-state index in [2.05, 4.69) is 20.3 Å². The molecule has 1 aliphatic rings. The van der Waals surface area contributed by atoms with Crippen LogP contribution in [0.5, 0.6) is 0 Å². The van der Waals surface area contributed by atoms with Crippen molar-refractivity contribution in [1.29, 1.82) is 0 Å². The zero-order valence-corrected chi connectivity index (χ0v) is 19.8. The molecule has 0 saturated heterocycles. The van der Waals surface area contributed by atoms with Gasteiger partial charge in [0.2, 0.25) is 15.9 Å². The van der Waals surface area contributed by atoms with Crippen molar-refractivity contribution in [3.8, 4) is 0 Å². The average molecular weight is 503 g/mol. The van der Waals surface area contributed by atoms with E-state index < -0.39 is 15.6 Å². The largest absolute Gasteiger partial charge is 0.355 e. The van der Waals surface area contributed by atoms with Gasteiger partial charge >= 0.3 is 0 Å². The topological polar surface area (TPSA) is 103 Å². The van der Waals surface area contributed by atoms with E-state index in [1.807, 2.05) is 0 Å². The minimum Gasteiger partial charge on any atom is -0.355 e. The molecule has 1 saturated carbocycles. The number of amides is 1. The number of nitrogens with one attached hydrogen (secondary N) is 3. The maximum absolute atomic E-state index is 12.6. The Morgan fingerprint density at radius 1 is 1.19 bits per heavy atom. The van der Waals surface area contributed by atoms with Gasteiger partial charge in [0.05, 0.1) is 11.7 Å². The molecule has 1 aliphatic carbocycles. The molecule has 1 fully saturated rings. The summed E-state index contributed by atoms with van der Waals surface area (Å²) in [5, 5.41) is 6.37. The minimum atomic E-state index is -3.29. The van der Waals surface area contributed by atoms with Crippen molar-refractivity contribution in [2.24, 2.45) is 10.4 Å². The number of carbonyl (C=O) groups is 1. The van der Waals surface area contributed by atoms with Crippen LogP contribution in [0.1, 0.15) is 39.5 Å². The Kier molecular flexibility index (Phi) is 9.83. The summed E-state index contributed by atoms with van der Waals surface area (Å²) >= 11 is 0. The zero-order chi connectivity index (χ0) is 19.3. The number of hydrogen-bond donors (Lipinski definition) is 3. The smallest absolute Gasteiger partial charge is 0.230 e. The first-order valence-corrected chi connectivity index (χ1v) is 10.5. The molecule has 8 nitrogen and oxygen atoms in total. The fourth-order valence-electron chi connectivity index (χ4n) is 3.31. The first-order valence-electron chi connectivity index (χ1n) is 8.56. The molecule has 10 heteroatoms. The highest BCUT2D eigenvalue weighted by Crippen LogP contribution is 2.38. The SMILES string of the molecule is CN=C(NCC(C)(C)NS(C)(=O)=O)NCC1(C(=O)N(C)C)CCCC1.I. The average Bonchev–Trinajstić information content (AvgIpc) is 2.94. The number of halogens is 1. The number of hydrogen-bond acceptors (Lipinski definition) is 4. The van der Waals surface area contributed by atoms with Crippen molar-refractivity contribution in [3.05, 3.63) is 0 Å². The molecule has 0 aromatic heterocycles. The van der Waals surface area contributed by atoms with Crippen molar-refractivity contribution < 1.29 is 13.2 Å². The Balaban J connectivity index is 0.00000625. The lowest BCUT2D eigenvalue weighted by atomic mass is 9.84. The van der Waals surface area contributed by atoms with Gasteiger partial charge in [-0.1, -0.05) is 12.8 Å². The highest BCUT2D eigenvalue weighted by Gasteiger charge is 2.42. The molecule has 0 aliphatic heterocycles. The second-order valence-corrected chi connectivity index (χ2v) is 9.47. The van der Waals surface area contributed by atoms with Gasteiger partial charge in [0.1, 0.15) is 0 Å². The van der Waals surface area contributed by atoms with Gasteiger partial charge in [0, 0.05) is 39.8 Å². The van der Waals surface area contributed by atoms with Gasteiger partial charge in [-0.15, -0.1) is 24.0 Å². The van der Waals surface area contributed by atoms with Gasteiger partial charge in [-0.05, 0) is 26.7 Å². The first-order chi connectivity index (χ1) is 11.4. The van der Waals surface area contributed by atoms with E-state index in [0.29, 0.717) is 19.0 Å². The van der Waals surface area contributed by atoms with Crippen molar-refractivity contribution in [2.75, 3.05) is 40.5 Å². The number of carbonyl (C=O) groups excluding carboxylic acids is 1. The maximum atomic E-state index is 12.6. The molecule has 0 aromatic rings. The van der Waals surface area contributed by atoms with Crippen molar-refractivity contribution >= 4 is 45.9 Å². The Bertz CT molecular complexity index is 599. The minimum absolute atomic E-state index is 0. The third-order valence-electron chi connectivity index (χ3n) is 4.40. The van der Waals surface area contributed by atoms with Gasteiger partial charge in [-0.25, -0.2) is 13.1 Å². The highest BCUT2D eigenvalue weighted by atomic mass is 127. The Labute approximate surface area is 175 Å². The van der Waals surface area contributed by atoms with Gasteiger partial charge in [0.15, 0.2) is 5.96 Å². The second kappa shape index (κ2) is 10.1. The quantitative estimate of drug-likeness (QED) is 0.270. The molecule has 26 heavy (non-hydrogen) atoms. The van der Waals surface area contributed by atoms with E-state index in [9.17, 15) is 13.2 Å². The van der Waals surface area contributed by atoms with Crippen LogP contribution >= 0.6 is 24.0 Å². The zero-order valence-electron chi connectivity index (χ0n) is 16.7. The Hall–Kier alpha value is -0.620. The summed E-state index contributed by atoms with van der Waals surface area (Å²) < 4.78 is 25.4. The Morgan fingerprint density at radius 2 is 1.73 bits per heavy atom. The van der Waals surface area contributed by atoms with Crippen LogP contribution in [-0.2, 0) is 14.8 Å². The van der Waals surface area contributed by atoms with Crippen LogP contribution in [0.3, 0.4) is 0 Å². The van der Waals surface area contributed by atoms with Crippen molar-refractivity contribution in [1.82, 2.24) is 20.3 Å². The normalized spacial score (nSPS) is 17.4. The predicted molar refractivity (Wildman–Crippen MR) is 116 cm³/mol. The van der Waals surface area contributed by atoms with Gasteiger partial charge < -0.3 is 15.5 Å². The van der Waals surface area contributed by atoms with E-state index in [4.69, 9.17) is 0 Å². The summed E-state index contributed by atoms with van der Waals surface area (Å²) in [6, 6.07) is 0. The fraction of sp³-hybridized carbons (Fsp3) is 0.875. The van der Waals surface area contributed by atoms with E-state index in [-0.39, 0.29) is 35.3 Å². The lowest BCUT2D eigenvalue weighted by Gasteiger charge is -2.32. The molecule has 0 radical (unpaired) electrons. The van der Waals surface area contributed by atoms with Crippen molar-refractivity contribution in [2.45, 2.75) is 45.1 Å². The van der Waals surface area contributed by atoms with Gasteiger partial charge in [-0.2, -0.15) is 0 Å². The molecule has 154 valence electrons. The molecular weight excluding hydrogens is 469 g/mol. The number of sulfonamides is 1. The third kappa shape index (κ3) is 7.95. The van der Waals surface area contributed by atoms with E-state index in [1.54, 1.807) is 39.9 Å². The fourth-order valence-corrected chi connectivity index (χ4v) is 4.38. The monoisotopic (exact) mass is 503 g/mol. The van der Waals surface area contributed by atoms with Crippen LogP contribution in [0.2, 0.25) is 0 Å². The number of rotatable bonds is 7. The molecule has 0 spiro atoms. The van der Waals surface area contributed by atoms with Crippen LogP contribution < -0.4 is 15.4 Å². The molecule has 0 heterocycles. The summed E-state index contributed by atoms with van der Waals surface area (Å²) in [7, 11) is 1.93. The highest BCUT2D eigenvalue weighted by molar-refractivity contribution is 14.0. The number of aliphatic imine (C=N–C) groups is 1. The van der Waals surface area contributed by atoms with E-state index in [0.717, 1.165) is 31.9 Å². The van der Waals surface area contributed by atoms with E-state index >= 15 is 0 Å². The molecule has 1 amide bonds. The second-order valence-electron chi connectivity index (χ2n) is 7.72. The molecule has 1 rings (SSSR count). The molecular formula is C16H34IN5O3S. The standard InChI is InChI=1S/C16H33N5O3S.HI/c1-15(2,20-25(6,23)24)11-18-14(17-3)19-12-16(9-7-8-10-16)13(22)21(4)5;/h20H,7-12H2,1-6H3,(H2,17,18,19);1H. The molecule has 0 aromatic carbocycles. The van der Waals surface area contributed by atoms with Crippen LogP contribution in [0.4, 0.5) is 0 Å². The Morgan fingerprint density at radius 3 is 2.15 bits per heavy atom. The van der Waals surface area contributed by atoms with Crippen LogP contribution in [0.15, 0.2) is 4.99 Å². The molecule has 0 atom stereocenters. The summed E-state index contributed by atoms with van der Waals surface area (Å²) in [6.07, 6.45) is 4.99.